The van der Waals surface area contributed by atoms with Crippen molar-refractivity contribution in [3.8, 4) is 0 Å². The van der Waals surface area contributed by atoms with E-state index in [1.165, 1.54) is 24.8 Å². The topological polar surface area (TPSA) is 26.0 Å². The number of halogens is 1. The summed E-state index contributed by atoms with van der Waals surface area (Å²) in [5.41, 5.74) is 7.69. The third-order valence-electron chi connectivity index (χ3n) is 3.36. The molecule has 1 saturated carbocycles. The van der Waals surface area contributed by atoms with Crippen molar-refractivity contribution in [1.82, 2.24) is 0 Å². The summed E-state index contributed by atoms with van der Waals surface area (Å²) in [6.07, 6.45) is 4.69. The van der Waals surface area contributed by atoms with Gasteiger partial charge in [0.1, 0.15) is 0 Å². The maximum Gasteiger partial charge on any atom is 0.0406 e. The monoisotopic (exact) mass is 223 g/mol. The quantitative estimate of drug-likeness (QED) is 0.832. The van der Waals surface area contributed by atoms with Crippen LogP contribution in [0.25, 0.3) is 0 Å². The van der Waals surface area contributed by atoms with E-state index in [2.05, 4.69) is 19.1 Å². The average Bonchev–Trinajstić information content (AvgIpc) is 2.82. The number of benzene rings is 1. The van der Waals surface area contributed by atoms with Gasteiger partial charge in [0.2, 0.25) is 0 Å². The van der Waals surface area contributed by atoms with E-state index in [-0.39, 0.29) is 5.54 Å². The summed E-state index contributed by atoms with van der Waals surface area (Å²) in [7, 11) is 0. The lowest BCUT2D eigenvalue weighted by atomic mass is 10.0. The normalized spacial score (nSPS) is 29.1. The Morgan fingerprint density at radius 1 is 1.40 bits per heavy atom. The molecular formula is C13H18ClN. The van der Waals surface area contributed by atoms with Gasteiger partial charge in [-0.15, -0.1) is 0 Å². The summed E-state index contributed by atoms with van der Waals surface area (Å²) in [5.74, 6) is 0.734. The summed E-state index contributed by atoms with van der Waals surface area (Å²) >= 11 is 5.85. The Bertz CT molecular complexity index is 333. The second kappa shape index (κ2) is 4.15. The molecule has 1 aromatic rings. The summed E-state index contributed by atoms with van der Waals surface area (Å²) in [5, 5.41) is 0.797. The minimum absolute atomic E-state index is 0.0733. The van der Waals surface area contributed by atoms with E-state index < -0.39 is 0 Å². The third kappa shape index (κ3) is 2.53. The molecule has 2 rings (SSSR count). The average molecular weight is 224 g/mol. The predicted octanol–water partition coefficient (Wildman–Crippen LogP) is 3.40. The van der Waals surface area contributed by atoms with Crippen molar-refractivity contribution in [2.75, 3.05) is 0 Å². The Kier molecular flexibility index (Phi) is 3.03. The van der Waals surface area contributed by atoms with E-state index in [9.17, 15) is 0 Å². The molecule has 82 valence electrons. The van der Waals surface area contributed by atoms with Crippen LogP contribution in [0.1, 0.15) is 31.7 Å². The maximum absolute atomic E-state index is 6.31. The zero-order valence-corrected chi connectivity index (χ0v) is 9.93. The lowest BCUT2D eigenvalue weighted by Crippen LogP contribution is -2.27. The van der Waals surface area contributed by atoms with E-state index in [1.54, 1.807) is 0 Å². The Hall–Kier alpha value is -0.530. The maximum atomic E-state index is 6.31. The first-order chi connectivity index (χ1) is 7.14. The zero-order valence-electron chi connectivity index (χ0n) is 9.17. The van der Waals surface area contributed by atoms with Crippen molar-refractivity contribution in [2.45, 2.75) is 38.1 Å². The highest BCUT2D eigenvalue weighted by Crippen LogP contribution is 2.46. The molecule has 0 radical (unpaired) electrons. The van der Waals surface area contributed by atoms with Crippen LogP contribution in [0.15, 0.2) is 24.3 Å². The summed E-state index contributed by atoms with van der Waals surface area (Å²) in [6, 6.07) is 8.05. The van der Waals surface area contributed by atoms with Crippen molar-refractivity contribution in [1.29, 1.82) is 0 Å². The fourth-order valence-electron chi connectivity index (χ4n) is 2.34. The first kappa shape index (κ1) is 11.0. The Balaban J connectivity index is 1.95. The van der Waals surface area contributed by atoms with Crippen LogP contribution in [0.5, 0.6) is 0 Å². The predicted molar refractivity (Wildman–Crippen MR) is 65.1 cm³/mol. The highest BCUT2D eigenvalue weighted by Gasteiger charge is 2.49. The molecule has 0 aliphatic heterocycles. The van der Waals surface area contributed by atoms with Gasteiger partial charge in [-0.05, 0) is 42.9 Å². The lowest BCUT2D eigenvalue weighted by molar-refractivity contribution is 0.556. The number of hydrogen-bond acceptors (Lipinski definition) is 1. The van der Waals surface area contributed by atoms with Crippen molar-refractivity contribution >= 4 is 11.6 Å². The molecule has 0 amide bonds. The van der Waals surface area contributed by atoms with Gasteiger partial charge in [0.05, 0.1) is 0 Å². The Morgan fingerprint density at radius 3 is 2.67 bits per heavy atom. The minimum atomic E-state index is 0.0733. The van der Waals surface area contributed by atoms with Gasteiger partial charge in [-0.2, -0.15) is 0 Å². The Labute approximate surface area is 96.6 Å². The largest absolute Gasteiger partial charge is 0.325 e. The van der Waals surface area contributed by atoms with Crippen molar-refractivity contribution < 1.29 is 0 Å². The first-order valence-corrected chi connectivity index (χ1v) is 6.05. The van der Waals surface area contributed by atoms with Gasteiger partial charge < -0.3 is 5.73 Å². The molecule has 2 unspecified atom stereocenters. The smallest absolute Gasteiger partial charge is 0.0406 e. The Morgan fingerprint density at radius 2 is 2.07 bits per heavy atom. The second-order valence-corrected chi connectivity index (χ2v) is 5.16. The molecule has 1 aliphatic carbocycles. The summed E-state index contributed by atoms with van der Waals surface area (Å²) < 4.78 is 0. The van der Waals surface area contributed by atoms with E-state index >= 15 is 0 Å². The van der Waals surface area contributed by atoms with Crippen LogP contribution in [-0.4, -0.2) is 5.54 Å². The molecule has 0 heterocycles. The van der Waals surface area contributed by atoms with Crippen LogP contribution in [0.3, 0.4) is 0 Å². The second-order valence-electron chi connectivity index (χ2n) is 4.73. The van der Waals surface area contributed by atoms with Gasteiger partial charge in [0.25, 0.3) is 0 Å². The molecule has 2 atom stereocenters. The molecule has 1 fully saturated rings. The van der Waals surface area contributed by atoms with Crippen LogP contribution in [0, 0.1) is 5.92 Å². The molecule has 1 aliphatic rings. The summed E-state index contributed by atoms with van der Waals surface area (Å²) in [4.78, 5) is 0. The van der Waals surface area contributed by atoms with Gasteiger partial charge in [0.15, 0.2) is 0 Å². The third-order valence-corrected chi connectivity index (χ3v) is 3.61. The van der Waals surface area contributed by atoms with Crippen LogP contribution in [-0.2, 0) is 6.42 Å². The molecule has 2 N–H and O–H groups in total. The highest BCUT2D eigenvalue weighted by atomic mass is 35.5. The van der Waals surface area contributed by atoms with Crippen LogP contribution in [0.2, 0.25) is 5.02 Å². The summed E-state index contributed by atoms with van der Waals surface area (Å²) in [6.45, 7) is 2.22. The molecule has 0 spiro atoms. The number of rotatable bonds is 4. The molecule has 0 aromatic heterocycles. The van der Waals surface area contributed by atoms with Gasteiger partial charge in [-0.1, -0.05) is 37.1 Å². The molecule has 0 saturated heterocycles. The minimum Gasteiger partial charge on any atom is -0.325 e. The fourth-order valence-corrected chi connectivity index (χ4v) is 2.46. The van der Waals surface area contributed by atoms with E-state index in [0.29, 0.717) is 0 Å². The molecule has 1 aromatic carbocycles. The first-order valence-electron chi connectivity index (χ1n) is 5.67. The molecule has 1 nitrogen and oxygen atoms in total. The molecular weight excluding hydrogens is 206 g/mol. The molecule has 2 heteroatoms. The van der Waals surface area contributed by atoms with Crippen LogP contribution in [0.4, 0.5) is 0 Å². The standard InChI is InChI=1S/C13H18ClN/c1-2-3-11-9-13(11,15)8-10-4-6-12(14)7-5-10/h4-7,11H,2-3,8-9,15H2,1H3. The van der Waals surface area contributed by atoms with Crippen molar-refractivity contribution in [3.05, 3.63) is 34.9 Å². The van der Waals surface area contributed by atoms with Gasteiger partial charge in [-0.25, -0.2) is 0 Å². The number of hydrogen-bond donors (Lipinski definition) is 1. The van der Waals surface area contributed by atoms with Gasteiger partial charge >= 0.3 is 0 Å². The number of nitrogens with two attached hydrogens (primary N) is 1. The molecule has 0 bridgehead atoms. The van der Waals surface area contributed by atoms with Gasteiger partial charge in [0, 0.05) is 10.6 Å². The lowest BCUT2D eigenvalue weighted by Gasteiger charge is -2.11. The van der Waals surface area contributed by atoms with E-state index in [0.717, 1.165) is 17.4 Å². The van der Waals surface area contributed by atoms with E-state index in [4.69, 9.17) is 17.3 Å². The van der Waals surface area contributed by atoms with Crippen LogP contribution >= 0.6 is 11.6 Å². The fraction of sp³-hybridized carbons (Fsp3) is 0.538. The van der Waals surface area contributed by atoms with Gasteiger partial charge in [-0.3, -0.25) is 0 Å². The van der Waals surface area contributed by atoms with Crippen LogP contribution < -0.4 is 5.73 Å². The van der Waals surface area contributed by atoms with Crippen molar-refractivity contribution in [3.63, 3.8) is 0 Å². The van der Waals surface area contributed by atoms with Crippen molar-refractivity contribution in [2.24, 2.45) is 11.7 Å². The zero-order chi connectivity index (χ0) is 10.9. The van der Waals surface area contributed by atoms with E-state index in [1.807, 2.05) is 12.1 Å². The SMILES string of the molecule is CCCC1CC1(N)Cc1ccc(Cl)cc1. The molecule has 15 heavy (non-hydrogen) atoms. The highest BCUT2D eigenvalue weighted by molar-refractivity contribution is 6.30.